The van der Waals surface area contributed by atoms with Gasteiger partial charge in [-0.1, -0.05) is 23.7 Å². The molecular formula is C17H14ClNO5. The van der Waals surface area contributed by atoms with Gasteiger partial charge in [0.2, 0.25) is 0 Å². The number of carbonyl (C=O) groups is 1. The Labute approximate surface area is 143 Å². The van der Waals surface area contributed by atoms with Crippen molar-refractivity contribution in [3.63, 3.8) is 0 Å². The fourth-order valence-corrected chi connectivity index (χ4v) is 2.99. The molecule has 0 saturated heterocycles. The van der Waals surface area contributed by atoms with Crippen molar-refractivity contribution in [3.05, 3.63) is 57.0 Å². The first-order chi connectivity index (χ1) is 11.6. The van der Waals surface area contributed by atoms with Crippen LogP contribution < -0.4 is 9.47 Å². The second-order valence-electron chi connectivity index (χ2n) is 5.23. The highest BCUT2D eigenvalue weighted by molar-refractivity contribution is 6.34. The zero-order chi connectivity index (χ0) is 17.3. The molecule has 3 rings (SSSR count). The van der Waals surface area contributed by atoms with Crippen LogP contribution in [0.1, 0.15) is 27.6 Å². The molecule has 2 aromatic rings. The minimum atomic E-state index is -0.665. The molecule has 1 aliphatic heterocycles. The van der Waals surface area contributed by atoms with Gasteiger partial charge in [0, 0.05) is 18.1 Å². The van der Waals surface area contributed by atoms with Gasteiger partial charge >= 0.3 is 5.97 Å². The third-order valence-corrected chi connectivity index (χ3v) is 4.24. The van der Waals surface area contributed by atoms with Gasteiger partial charge in [-0.3, -0.25) is 0 Å². The molecule has 1 aliphatic rings. The summed E-state index contributed by atoms with van der Waals surface area (Å²) >= 11 is 6.05. The average molecular weight is 348 g/mol. The third-order valence-electron chi connectivity index (χ3n) is 3.95. The molecule has 0 N–H and O–H groups in total. The van der Waals surface area contributed by atoms with E-state index in [1.165, 1.54) is 13.2 Å². The quantitative estimate of drug-likeness (QED) is 0.611. The summed E-state index contributed by atoms with van der Waals surface area (Å²) < 4.78 is 15.8. The molecule has 7 heteroatoms. The molecule has 0 aromatic heterocycles. The van der Waals surface area contributed by atoms with Crippen LogP contribution in [0.4, 0.5) is 5.69 Å². The minimum Gasteiger partial charge on any atom is -0.497 e. The van der Waals surface area contributed by atoms with E-state index < -0.39 is 5.97 Å². The fourth-order valence-electron chi connectivity index (χ4n) is 2.76. The highest BCUT2D eigenvalue weighted by Gasteiger charge is 2.33. The number of carbonyl (C=O) groups excluding carboxylic acids is 1. The molecule has 0 radical (unpaired) electrons. The lowest BCUT2D eigenvalue weighted by molar-refractivity contribution is 0.0600. The van der Waals surface area contributed by atoms with Crippen molar-refractivity contribution >= 4 is 23.3 Å². The van der Waals surface area contributed by atoms with Gasteiger partial charge in [-0.2, -0.15) is 0 Å². The first-order valence-electron chi connectivity index (χ1n) is 7.16. The molecule has 0 bridgehead atoms. The van der Waals surface area contributed by atoms with Crippen molar-refractivity contribution in [2.24, 2.45) is 5.18 Å². The summed E-state index contributed by atoms with van der Waals surface area (Å²) in [4.78, 5) is 23.2. The van der Waals surface area contributed by atoms with Crippen molar-refractivity contribution in [2.45, 2.75) is 12.5 Å². The second kappa shape index (κ2) is 6.49. The Hall–Kier alpha value is -2.60. The summed E-state index contributed by atoms with van der Waals surface area (Å²) in [5.74, 6) is 0.524. The number of hydrogen-bond donors (Lipinski definition) is 0. The first-order valence-corrected chi connectivity index (χ1v) is 7.54. The molecule has 0 aliphatic carbocycles. The molecule has 124 valence electrons. The normalized spacial score (nSPS) is 15.4. The summed E-state index contributed by atoms with van der Waals surface area (Å²) in [6, 6.07) is 8.92. The summed E-state index contributed by atoms with van der Waals surface area (Å²) in [5.41, 5.74) is 1.42. The molecular weight excluding hydrogens is 334 g/mol. The van der Waals surface area contributed by atoms with Gasteiger partial charge in [0.25, 0.3) is 0 Å². The standard InChI is InChI=1S/C17H14ClNO5/c1-22-10-5-3-9(4-6-10)13-7-11-14(24-13)8-12(18)16(19-21)15(11)17(20)23-2/h3-6,8,13H,7H2,1-2H3. The zero-order valence-corrected chi connectivity index (χ0v) is 13.8. The maximum atomic E-state index is 12.1. The van der Waals surface area contributed by atoms with E-state index in [9.17, 15) is 9.70 Å². The molecule has 24 heavy (non-hydrogen) atoms. The van der Waals surface area contributed by atoms with E-state index in [0.29, 0.717) is 17.7 Å². The Balaban J connectivity index is 2.02. The van der Waals surface area contributed by atoms with Crippen molar-refractivity contribution in [3.8, 4) is 11.5 Å². The van der Waals surface area contributed by atoms with Crippen LogP contribution >= 0.6 is 11.6 Å². The molecule has 1 heterocycles. The lowest BCUT2D eigenvalue weighted by atomic mass is 9.98. The van der Waals surface area contributed by atoms with Crippen LogP contribution in [0.25, 0.3) is 0 Å². The van der Waals surface area contributed by atoms with Crippen LogP contribution in [-0.2, 0) is 11.2 Å². The van der Waals surface area contributed by atoms with E-state index in [4.69, 9.17) is 25.8 Å². The molecule has 0 amide bonds. The van der Waals surface area contributed by atoms with E-state index >= 15 is 0 Å². The fraction of sp³-hybridized carbons (Fsp3) is 0.235. The number of esters is 1. The first kappa shape index (κ1) is 16.3. The monoisotopic (exact) mass is 347 g/mol. The van der Waals surface area contributed by atoms with E-state index in [-0.39, 0.29) is 22.4 Å². The summed E-state index contributed by atoms with van der Waals surface area (Å²) in [6.45, 7) is 0. The Morgan fingerprint density at radius 3 is 2.58 bits per heavy atom. The van der Waals surface area contributed by atoms with E-state index in [1.54, 1.807) is 7.11 Å². The predicted molar refractivity (Wildman–Crippen MR) is 88.3 cm³/mol. The van der Waals surface area contributed by atoms with Crippen molar-refractivity contribution in [1.29, 1.82) is 0 Å². The van der Waals surface area contributed by atoms with Crippen LogP contribution in [0.5, 0.6) is 11.5 Å². The minimum absolute atomic E-state index is 0.0551. The topological polar surface area (TPSA) is 74.2 Å². The zero-order valence-electron chi connectivity index (χ0n) is 13.0. The van der Waals surface area contributed by atoms with Gasteiger partial charge < -0.3 is 14.2 Å². The average Bonchev–Trinajstić information content (AvgIpc) is 3.03. The Bertz CT molecular complexity index is 804. The molecule has 1 atom stereocenters. The molecule has 1 unspecified atom stereocenters. The summed E-state index contributed by atoms with van der Waals surface area (Å²) in [6.07, 6.45) is 0.110. The van der Waals surface area contributed by atoms with E-state index in [1.807, 2.05) is 24.3 Å². The maximum Gasteiger partial charge on any atom is 0.340 e. The van der Waals surface area contributed by atoms with Crippen LogP contribution in [0, 0.1) is 4.91 Å². The maximum absolute atomic E-state index is 12.1. The second-order valence-corrected chi connectivity index (χ2v) is 5.63. The Kier molecular flexibility index (Phi) is 4.40. The molecule has 0 fully saturated rings. The number of methoxy groups -OCH3 is 2. The predicted octanol–water partition coefficient (Wildman–Crippen LogP) is 4.21. The lowest BCUT2D eigenvalue weighted by Crippen LogP contribution is -2.06. The van der Waals surface area contributed by atoms with Gasteiger partial charge in [0.05, 0.1) is 24.8 Å². The number of benzene rings is 2. The highest BCUT2D eigenvalue weighted by Crippen LogP contribution is 2.45. The molecule has 0 spiro atoms. The van der Waals surface area contributed by atoms with Crippen LogP contribution in [0.3, 0.4) is 0 Å². The van der Waals surface area contributed by atoms with E-state index in [0.717, 1.165) is 11.3 Å². The number of rotatable bonds is 4. The molecule has 0 saturated carbocycles. The van der Waals surface area contributed by atoms with Crippen LogP contribution in [0.15, 0.2) is 35.5 Å². The number of nitrogens with zero attached hydrogens (tertiary/aromatic N) is 1. The van der Waals surface area contributed by atoms with E-state index in [2.05, 4.69) is 5.18 Å². The van der Waals surface area contributed by atoms with Gasteiger partial charge in [-0.15, -0.1) is 4.91 Å². The van der Waals surface area contributed by atoms with Gasteiger partial charge in [-0.05, 0) is 22.9 Å². The third kappa shape index (κ3) is 2.69. The van der Waals surface area contributed by atoms with Crippen molar-refractivity contribution in [1.82, 2.24) is 0 Å². The molecule has 6 nitrogen and oxygen atoms in total. The lowest BCUT2D eigenvalue weighted by Gasteiger charge is -2.11. The number of hydrogen-bond acceptors (Lipinski definition) is 6. The largest absolute Gasteiger partial charge is 0.497 e. The smallest absolute Gasteiger partial charge is 0.340 e. The van der Waals surface area contributed by atoms with Gasteiger partial charge in [-0.25, -0.2) is 4.79 Å². The Morgan fingerprint density at radius 1 is 1.29 bits per heavy atom. The number of ether oxygens (including phenoxy) is 3. The molecule has 2 aromatic carbocycles. The number of fused-ring (bicyclic) bond motifs is 1. The Morgan fingerprint density at radius 2 is 2.00 bits per heavy atom. The van der Waals surface area contributed by atoms with Gasteiger partial charge in [0.15, 0.2) is 0 Å². The van der Waals surface area contributed by atoms with Crippen molar-refractivity contribution < 1.29 is 19.0 Å². The number of nitroso groups, excluding NO2 is 1. The SMILES string of the molecule is COC(=O)c1c2c(cc(Cl)c1N=O)OC(c1ccc(OC)cc1)C2. The van der Waals surface area contributed by atoms with Crippen LogP contribution in [-0.4, -0.2) is 20.2 Å². The number of halogens is 1. The summed E-state index contributed by atoms with van der Waals surface area (Å²) in [7, 11) is 2.83. The summed E-state index contributed by atoms with van der Waals surface area (Å²) in [5, 5.41) is 2.94. The highest BCUT2D eigenvalue weighted by atomic mass is 35.5. The van der Waals surface area contributed by atoms with Crippen molar-refractivity contribution in [2.75, 3.05) is 14.2 Å². The van der Waals surface area contributed by atoms with Crippen LogP contribution in [0.2, 0.25) is 5.02 Å². The van der Waals surface area contributed by atoms with Gasteiger partial charge in [0.1, 0.15) is 23.3 Å².